The van der Waals surface area contributed by atoms with Gasteiger partial charge in [-0.05, 0) is 24.3 Å². The van der Waals surface area contributed by atoms with Gasteiger partial charge in [-0.25, -0.2) is 4.79 Å². The molecule has 122 valence electrons. The predicted molar refractivity (Wildman–Crippen MR) is 92.7 cm³/mol. The second-order valence-corrected chi connectivity index (χ2v) is 6.79. The van der Waals surface area contributed by atoms with E-state index in [-0.39, 0.29) is 11.6 Å². The summed E-state index contributed by atoms with van der Waals surface area (Å²) in [6.45, 7) is 5.91. The highest BCUT2D eigenvalue weighted by Gasteiger charge is 2.25. The Morgan fingerprint density at radius 3 is 2.39 bits per heavy atom. The summed E-state index contributed by atoms with van der Waals surface area (Å²) in [5, 5.41) is 4.39. The third-order valence-corrected chi connectivity index (χ3v) is 4.49. The van der Waals surface area contributed by atoms with E-state index >= 15 is 0 Å². The molecule has 5 nitrogen and oxygen atoms in total. The fourth-order valence-electron chi connectivity index (χ4n) is 3.54. The van der Waals surface area contributed by atoms with E-state index in [1.54, 1.807) is 19.3 Å². The van der Waals surface area contributed by atoms with Gasteiger partial charge in [-0.1, -0.05) is 32.0 Å². The minimum Gasteiger partial charge on any atom is -0.324 e. The molecule has 1 aromatic heterocycles. The zero-order valence-corrected chi connectivity index (χ0v) is 13.9. The van der Waals surface area contributed by atoms with Crippen molar-refractivity contribution in [1.29, 1.82) is 0 Å². The smallest absolute Gasteiger partial charge is 0.321 e. The maximum absolute atomic E-state index is 12.6. The average Bonchev–Trinajstić information content (AvgIpc) is 2.51. The van der Waals surface area contributed by atoms with Gasteiger partial charge in [-0.2, -0.15) is 0 Å². The number of carbonyl (C=O) groups is 1. The molecule has 2 aromatic rings. The van der Waals surface area contributed by atoms with Crippen LogP contribution in [0.15, 0.2) is 35.3 Å². The van der Waals surface area contributed by atoms with Crippen LogP contribution < -0.4 is 10.9 Å². The summed E-state index contributed by atoms with van der Waals surface area (Å²) < 4.78 is 1.51. The summed E-state index contributed by atoms with van der Waals surface area (Å²) in [5.41, 5.74) is 0.623. The molecule has 0 saturated carbocycles. The molecule has 1 aromatic carbocycles. The van der Waals surface area contributed by atoms with Crippen LogP contribution in [0, 0.1) is 11.8 Å². The molecule has 0 bridgehead atoms. The van der Waals surface area contributed by atoms with Gasteiger partial charge in [0.05, 0.1) is 5.69 Å². The fourth-order valence-corrected chi connectivity index (χ4v) is 3.54. The second-order valence-electron chi connectivity index (χ2n) is 6.79. The van der Waals surface area contributed by atoms with Crippen LogP contribution in [0.3, 0.4) is 0 Å². The normalized spacial score (nSPS) is 21.4. The molecule has 1 N–H and O–H groups in total. The summed E-state index contributed by atoms with van der Waals surface area (Å²) in [6, 6.07) is 7.28. The van der Waals surface area contributed by atoms with E-state index in [1.165, 1.54) is 4.57 Å². The zero-order valence-electron chi connectivity index (χ0n) is 13.9. The molecular formula is C18H23N3O2. The minimum absolute atomic E-state index is 0.0567. The lowest BCUT2D eigenvalue weighted by molar-refractivity contribution is 0.156. The Kier molecular flexibility index (Phi) is 4.11. The van der Waals surface area contributed by atoms with Gasteiger partial charge in [0.25, 0.3) is 5.56 Å². The molecule has 1 saturated heterocycles. The highest BCUT2D eigenvalue weighted by molar-refractivity contribution is 6.00. The van der Waals surface area contributed by atoms with Gasteiger partial charge in [0, 0.05) is 37.1 Å². The number of nitrogens with zero attached hydrogens (tertiary/aromatic N) is 2. The quantitative estimate of drug-likeness (QED) is 0.880. The number of nitrogens with one attached hydrogen (secondary N) is 1. The highest BCUT2D eigenvalue weighted by Crippen LogP contribution is 2.24. The topological polar surface area (TPSA) is 54.3 Å². The number of hydrogen-bond acceptors (Lipinski definition) is 2. The predicted octanol–water partition coefficient (Wildman–Crippen LogP) is 3.05. The maximum atomic E-state index is 12.6. The van der Waals surface area contributed by atoms with E-state index in [4.69, 9.17) is 0 Å². The van der Waals surface area contributed by atoms with E-state index in [1.807, 2.05) is 23.1 Å². The Labute approximate surface area is 135 Å². The lowest BCUT2D eigenvalue weighted by Crippen LogP contribution is -2.44. The first-order valence-electron chi connectivity index (χ1n) is 8.10. The Balaban J connectivity index is 1.91. The van der Waals surface area contributed by atoms with Crippen molar-refractivity contribution in [3.63, 3.8) is 0 Å². The number of aryl methyl sites for hydroxylation is 1. The summed E-state index contributed by atoms with van der Waals surface area (Å²) >= 11 is 0. The number of carbonyl (C=O) groups excluding carboxylic acids is 1. The molecule has 1 aliphatic rings. The van der Waals surface area contributed by atoms with E-state index in [0.717, 1.165) is 24.9 Å². The van der Waals surface area contributed by atoms with E-state index in [9.17, 15) is 9.59 Å². The van der Waals surface area contributed by atoms with Crippen LogP contribution in [0.5, 0.6) is 0 Å². The average molecular weight is 313 g/mol. The number of hydrogen-bond donors (Lipinski definition) is 1. The summed E-state index contributed by atoms with van der Waals surface area (Å²) in [5.74, 6) is 1.03. The number of urea groups is 1. The summed E-state index contributed by atoms with van der Waals surface area (Å²) in [4.78, 5) is 26.7. The van der Waals surface area contributed by atoms with Gasteiger partial charge in [-0.15, -0.1) is 0 Å². The van der Waals surface area contributed by atoms with Crippen molar-refractivity contribution < 1.29 is 4.79 Å². The van der Waals surface area contributed by atoms with Crippen molar-refractivity contribution in [2.75, 3.05) is 18.4 Å². The molecule has 0 spiro atoms. The van der Waals surface area contributed by atoms with Crippen molar-refractivity contribution in [2.24, 2.45) is 18.9 Å². The van der Waals surface area contributed by atoms with Crippen molar-refractivity contribution >= 4 is 22.5 Å². The van der Waals surface area contributed by atoms with Gasteiger partial charge < -0.3 is 14.8 Å². The monoisotopic (exact) mass is 313 g/mol. The van der Waals surface area contributed by atoms with Crippen molar-refractivity contribution in [2.45, 2.75) is 20.3 Å². The van der Waals surface area contributed by atoms with Crippen molar-refractivity contribution in [3.05, 3.63) is 40.8 Å². The molecule has 0 radical (unpaired) electrons. The van der Waals surface area contributed by atoms with Gasteiger partial charge in [0.1, 0.15) is 0 Å². The van der Waals surface area contributed by atoms with Crippen LogP contribution in [0.1, 0.15) is 20.3 Å². The SMILES string of the molecule is C[C@H]1C[C@H](C)CN(C(=O)Nc2cn(C)c(=O)c3ccccc23)C1. The Bertz CT molecular complexity index is 786. The van der Waals surface area contributed by atoms with Crippen LogP contribution in [0.25, 0.3) is 10.8 Å². The molecule has 5 heteroatoms. The molecular weight excluding hydrogens is 290 g/mol. The number of rotatable bonds is 1. The third-order valence-electron chi connectivity index (χ3n) is 4.49. The molecule has 0 aliphatic carbocycles. The molecule has 0 unspecified atom stereocenters. The number of pyridine rings is 1. The van der Waals surface area contributed by atoms with Crippen LogP contribution >= 0.6 is 0 Å². The van der Waals surface area contributed by atoms with E-state index < -0.39 is 0 Å². The molecule has 23 heavy (non-hydrogen) atoms. The number of benzene rings is 1. The van der Waals surface area contributed by atoms with Crippen LogP contribution in [-0.4, -0.2) is 28.6 Å². The number of amides is 2. The highest BCUT2D eigenvalue weighted by atomic mass is 16.2. The summed E-state index contributed by atoms with van der Waals surface area (Å²) in [7, 11) is 1.70. The number of fused-ring (bicyclic) bond motifs is 1. The van der Waals surface area contributed by atoms with Crippen molar-refractivity contribution in [1.82, 2.24) is 9.47 Å². The number of aromatic nitrogens is 1. The Hall–Kier alpha value is -2.30. The largest absolute Gasteiger partial charge is 0.324 e. The van der Waals surface area contributed by atoms with Crippen LogP contribution in [-0.2, 0) is 7.05 Å². The Morgan fingerprint density at radius 1 is 1.13 bits per heavy atom. The van der Waals surface area contributed by atoms with Crippen LogP contribution in [0.2, 0.25) is 0 Å². The minimum atomic E-state index is -0.0906. The zero-order chi connectivity index (χ0) is 16.6. The van der Waals surface area contributed by atoms with Crippen LogP contribution in [0.4, 0.5) is 10.5 Å². The number of piperidine rings is 1. The van der Waals surface area contributed by atoms with Gasteiger partial charge >= 0.3 is 6.03 Å². The first-order chi connectivity index (χ1) is 11.0. The molecule has 2 atom stereocenters. The lowest BCUT2D eigenvalue weighted by atomic mass is 9.92. The van der Waals surface area contributed by atoms with Gasteiger partial charge in [0.15, 0.2) is 0 Å². The maximum Gasteiger partial charge on any atom is 0.321 e. The lowest BCUT2D eigenvalue weighted by Gasteiger charge is -2.35. The first kappa shape index (κ1) is 15.6. The fraction of sp³-hybridized carbons (Fsp3) is 0.444. The Morgan fingerprint density at radius 2 is 1.74 bits per heavy atom. The van der Waals surface area contributed by atoms with Crippen molar-refractivity contribution in [3.8, 4) is 0 Å². The molecule has 2 amide bonds. The molecule has 3 rings (SSSR count). The molecule has 1 fully saturated rings. The number of likely N-dealkylation sites (tertiary alicyclic amines) is 1. The standard InChI is InChI=1S/C18H23N3O2/c1-12-8-13(2)10-21(9-12)18(23)19-16-11-20(3)17(22)15-7-5-4-6-14(15)16/h4-7,11-13H,8-10H2,1-3H3,(H,19,23)/t12-,13-/m0/s1. The number of anilines is 1. The van der Waals surface area contributed by atoms with Gasteiger partial charge in [-0.3, -0.25) is 4.79 Å². The van der Waals surface area contributed by atoms with E-state index in [0.29, 0.717) is 22.9 Å². The molecule has 2 heterocycles. The molecule has 1 aliphatic heterocycles. The summed E-state index contributed by atoms with van der Waals surface area (Å²) in [6.07, 6.45) is 2.85. The second kappa shape index (κ2) is 6.07. The van der Waals surface area contributed by atoms with Gasteiger partial charge in [0.2, 0.25) is 0 Å². The third kappa shape index (κ3) is 3.09. The first-order valence-corrected chi connectivity index (χ1v) is 8.10. The van der Waals surface area contributed by atoms with E-state index in [2.05, 4.69) is 19.2 Å².